The molecule has 0 bridgehead atoms. The van der Waals surface area contributed by atoms with Gasteiger partial charge in [0.2, 0.25) is 0 Å². The molecule has 1 aliphatic rings. The minimum absolute atomic E-state index is 0.750. The smallest absolute Gasteiger partial charge is 0.0104 e. The molecular weight excluding hydrogens is 404 g/mol. The van der Waals surface area contributed by atoms with Crippen LogP contribution in [0.25, 0.3) is 0 Å². The van der Waals surface area contributed by atoms with E-state index in [1.807, 2.05) is 0 Å². The molecule has 0 spiro atoms. The summed E-state index contributed by atoms with van der Waals surface area (Å²) < 4.78 is 0. The number of hydrogen-bond acceptors (Lipinski definition) is 4. The van der Waals surface area contributed by atoms with Crippen molar-refractivity contribution in [2.45, 2.75) is 122 Å². The number of rotatable bonds is 12. The van der Waals surface area contributed by atoms with Crippen LogP contribution in [0.5, 0.6) is 0 Å². The Morgan fingerprint density at radius 3 is 1.70 bits per heavy atom. The van der Waals surface area contributed by atoms with Gasteiger partial charge in [-0.05, 0) is 105 Å². The molecule has 1 fully saturated rings. The molecule has 0 saturated carbocycles. The maximum atomic E-state index is 3.74. The fraction of sp³-hybridized carbons (Fsp3) is 1.00. The highest BCUT2D eigenvalue weighted by Gasteiger charge is 2.14. The van der Waals surface area contributed by atoms with E-state index in [0.717, 1.165) is 6.04 Å². The van der Waals surface area contributed by atoms with Crippen LogP contribution in [-0.4, -0.2) is 87.7 Å². The first-order valence-electron chi connectivity index (χ1n) is 14.9. The third-order valence-corrected chi connectivity index (χ3v) is 7.69. The van der Waals surface area contributed by atoms with Gasteiger partial charge < -0.3 is 20.0 Å². The van der Waals surface area contributed by atoms with Gasteiger partial charge in [0, 0.05) is 6.04 Å². The second-order valence-electron chi connectivity index (χ2n) is 11.0. The predicted molar refractivity (Wildman–Crippen MR) is 148 cm³/mol. The van der Waals surface area contributed by atoms with E-state index in [1.165, 1.54) is 155 Å². The highest BCUT2D eigenvalue weighted by Crippen LogP contribution is 2.16. The molecule has 0 radical (unpaired) electrons. The van der Waals surface area contributed by atoms with Gasteiger partial charge in [-0.2, -0.15) is 0 Å². The Kier molecular flexibility index (Phi) is 20.9. The van der Waals surface area contributed by atoms with Crippen molar-refractivity contribution in [3.63, 3.8) is 0 Å². The topological polar surface area (TPSA) is 21.8 Å². The highest BCUT2D eigenvalue weighted by molar-refractivity contribution is 4.72. The molecule has 1 aliphatic heterocycles. The van der Waals surface area contributed by atoms with E-state index in [0.29, 0.717) is 0 Å². The summed E-state index contributed by atoms with van der Waals surface area (Å²) in [5.41, 5.74) is 0. The normalized spacial score (nSPS) is 22.4. The van der Waals surface area contributed by atoms with Crippen LogP contribution in [0.15, 0.2) is 0 Å². The van der Waals surface area contributed by atoms with E-state index < -0.39 is 0 Å². The standard InChI is InChI=1S/C29H62N4/c1-5-6-7-8-9-10-11-12-13-14-15-20-29-21-23-30-22-18-26-31(2)24-16-17-25-32(3)27-19-28-33(29)4/h29-30H,5-28H2,1-4H3. The molecule has 4 heteroatoms. The Balaban J connectivity index is 2.26. The van der Waals surface area contributed by atoms with Gasteiger partial charge in [0.15, 0.2) is 0 Å². The van der Waals surface area contributed by atoms with Gasteiger partial charge in [0.05, 0.1) is 0 Å². The molecule has 0 aliphatic carbocycles. The number of unbranched alkanes of at least 4 members (excludes halogenated alkanes) is 10. The van der Waals surface area contributed by atoms with Crippen molar-refractivity contribution in [1.82, 2.24) is 20.0 Å². The molecule has 1 unspecified atom stereocenters. The van der Waals surface area contributed by atoms with Crippen LogP contribution in [0, 0.1) is 0 Å². The fourth-order valence-corrected chi connectivity index (χ4v) is 5.26. The van der Waals surface area contributed by atoms with E-state index in [2.05, 4.69) is 48.1 Å². The van der Waals surface area contributed by atoms with Crippen LogP contribution in [0.3, 0.4) is 0 Å². The van der Waals surface area contributed by atoms with Crippen molar-refractivity contribution in [2.24, 2.45) is 0 Å². The van der Waals surface area contributed by atoms with Crippen LogP contribution in [0.4, 0.5) is 0 Å². The van der Waals surface area contributed by atoms with Crippen LogP contribution in [0.2, 0.25) is 0 Å². The van der Waals surface area contributed by atoms with Crippen LogP contribution >= 0.6 is 0 Å². The van der Waals surface area contributed by atoms with Gasteiger partial charge in [-0.1, -0.05) is 77.6 Å². The molecular formula is C29H62N4. The zero-order valence-corrected chi connectivity index (χ0v) is 23.4. The molecule has 1 heterocycles. The van der Waals surface area contributed by atoms with Crippen LogP contribution in [0.1, 0.15) is 116 Å². The zero-order valence-electron chi connectivity index (χ0n) is 23.4. The minimum atomic E-state index is 0.750. The fourth-order valence-electron chi connectivity index (χ4n) is 5.26. The van der Waals surface area contributed by atoms with E-state index in [-0.39, 0.29) is 0 Å². The lowest BCUT2D eigenvalue weighted by molar-refractivity contribution is 0.198. The molecule has 1 rings (SSSR count). The van der Waals surface area contributed by atoms with Crippen molar-refractivity contribution in [1.29, 1.82) is 0 Å². The summed E-state index contributed by atoms with van der Waals surface area (Å²) in [6.45, 7) is 10.9. The summed E-state index contributed by atoms with van der Waals surface area (Å²) in [5, 5.41) is 3.74. The van der Waals surface area contributed by atoms with Gasteiger partial charge in [-0.15, -0.1) is 0 Å². The number of nitrogens with zero attached hydrogens (tertiary/aromatic N) is 3. The van der Waals surface area contributed by atoms with E-state index >= 15 is 0 Å². The lowest BCUT2D eigenvalue weighted by Gasteiger charge is -2.29. The quantitative estimate of drug-likeness (QED) is 0.336. The van der Waals surface area contributed by atoms with Crippen molar-refractivity contribution in [2.75, 3.05) is 67.0 Å². The molecule has 1 atom stereocenters. The Morgan fingerprint density at radius 1 is 0.576 bits per heavy atom. The maximum Gasteiger partial charge on any atom is 0.0104 e. The van der Waals surface area contributed by atoms with E-state index in [9.17, 15) is 0 Å². The van der Waals surface area contributed by atoms with Gasteiger partial charge in [-0.25, -0.2) is 0 Å². The first kappa shape index (κ1) is 30.9. The summed E-state index contributed by atoms with van der Waals surface area (Å²) in [5.74, 6) is 0. The monoisotopic (exact) mass is 466 g/mol. The number of hydrogen-bond donors (Lipinski definition) is 1. The second kappa shape index (κ2) is 22.3. The molecule has 0 aromatic carbocycles. The molecule has 0 aromatic heterocycles. The summed E-state index contributed by atoms with van der Waals surface area (Å²) in [6, 6.07) is 0.750. The third-order valence-electron chi connectivity index (χ3n) is 7.69. The summed E-state index contributed by atoms with van der Waals surface area (Å²) >= 11 is 0. The number of nitrogens with one attached hydrogen (secondary N) is 1. The van der Waals surface area contributed by atoms with Crippen LogP contribution < -0.4 is 5.32 Å². The van der Waals surface area contributed by atoms with Crippen LogP contribution in [-0.2, 0) is 0 Å². The minimum Gasteiger partial charge on any atom is -0.317 e. The van der Waals surface area contributed by atoms with Crippen molar-refractivity contribution in [3.8, 4) is 0 Å². The van der Waals surface area contributed by atoms with E-state index in [1.54, 1.807) is 0 Å². The first-order chi connectivity index (χ1) is 16.1. The Morgan fingerprint density at radius 2 is 1.09 bits per heavy atom. The van der Waals surface area contributed by atoms with Crippen molar-refractivity contribution >= 4 is 0 Å². The first-order valence-corrected chi connectivity index (χ1v) is 14.9. The molecule has 198 valence electrons. The average molecular weight is 467 g/mol. The summed E-state index contributed by atoms with van der Waals surface area (Å²) in [7, 11) is 6.98. The van der Waals surface area contributed by atoms with Gasteiger partial charge in [-0.3, -0.25) is 0 Å². The molecule has 1 N–H and O–H groups in total. The molecule has 0 amide bonds. The molecule has 1 saturated heterocycles. The Labute approximate surface area is 209 Å². The maximum absolute atomic E-state index is 3.74. The van der Waals surface area contributed by atoms with Gasteiger partial charge in [0.1, 0.15) is 0 Å². The largest absolute Gasteiger partial charge is 0.317 e. The van der Waals surface area contributed by atoms with Crippen molar-refractivity contribution in [3.05, 3.63) is 0 Å². The second-order valence-corrected chi connectivity index (χ2v) is 11.0. The summed E-state index contributed by atoms with van der Waals surface area (Å²) in [4.78, 5) is 7.74. The van der Waals surface area contributed by atoms with Crippen molar-refractivity contribution < 1.29 is 0 Å². The predicted octanol–water partition coefficient (Wildman–Crippen LogP) is 6.41. The SMILES string of the molecule is CCCCCCCCCCCCCC1CCNCCCN(C)CCCCN(C)CCCN1C. The zero-order chi connectivity index (χ0) is 24.0. The van der Waals surface area contributed by atoms with E-state index in [4.69, 9.17) is 0 Å². The third kappa shape index (κ3) is 18.8. The van der Waals surface area contributed by atoms with Gasteiger partial charge in [0.25, 0.3) is 0 Å². The molecule has 0 aromatic rings. The summed E-state index contributed by atoms with van der Waals surface area (Å²) in [6.07, 6.45) is 23.8. The molecule has 4 nitrogen and oxygen atoms in total. The Bertz CT molecular complexity index is 403. The lowest BCUT2D eigenvalue weighted by atomic mass is 10.0. The highest BCUT2D eigenvalue weighted by atomic mass is 15.1. The molecule has 33 heavy (non-hydrogen) atoms. The average Bonchev–Trinajstić information content (AvgIpc) is 2.80. The lowest BCUT2D eigenvalue weighted by Crippen LogP contribution is -2.36. The van der Waals surface area contributed by atoms with Gasteiger partial charge >= 0.3 is 0 Å². The Hall–Kier alpha value is -0.160.